The van der Waals surface area contributed by atoms with Crippen LogP contribution in [0.5, 0.6) is 0 Å². The Balaban J connectivity index is 3.25. The number of pyridine rings is 1. The summed E-state index contributed by atoms with van der Waals surface area (Å²) in [6.45, 7) is 1.82. The highest BCUT2D eigenvalue weighted by Crippen LogP contribution is 2.24. The monoisotopic (exact) mass is 317 g/mol. The van der Waals surface area contributed by atoms with E-state index in [9.17, 15) is 8.78 Å². The number of halogens is 4. The molecule has 1 rings (SSSR count). The van der Waals surface area contributed by atoms with E-state index in [0.717, 1.165) is 5.56 Å². The third kappa shape index (κ3) is 2.49. The predicted molar refractivity (Wildman–Crippen MR) is 56.2 cm³/mol. The highest BCUT2D eigenvalue weighted by molar-refractivity contribution is 14.1. The number of hydrogen-bond donors (Lipinski definition) is 0. The van der Waals surface area contributed by atoms with Gasteiger partial charge in [-0.15, -0.1) is 11.6 Å². The molecule has 0 spiro atoms. The van der Waals surface area contributed by atoms with Crippen LogP contribution in [-0.2, 0) is 5.88 Å². The van der Waals surface area contributed by atoms with E-state index in [-0.39, 0.29) is 11.6 Å². The summed E-state index contributed by atoms with van der Waals surface area (Å²) in [5, 5.41) is 0. The summed E-state index contributed by atoms with van der Waals surface area (Å²) in [6.07, 6.45) is -2.55. The van der Waals surface area contributed by atoms with Gasteiger partial charge in [0, 0.05) is 5.88 Å². The minimum atomic E-state index is -2.55. The van der Waals surface area contributed by atoms with E-state index >= 15 is 0 Å². The lowest BCUT2D eigenvalue weighted by Gasteiger charge is -2.07. The quantitative estimate of drug-likeness (QED) is 0.461. The van der Waals surface area contributed by atoms with E-state index in [1.165, 1.54) is 0 Å². The molecular formula is C8H7ClF2IN. The maximum Gasteiger partial charge on any atom is 0.280 e. The summed E-state index contributed by atoms with van der Waals surface area (Å²) in [4.78, 5) is 3.80. The van der Waals surface area contributed by atoms with Crippen LogP contribution in [0.15, 0.2) is 6.07 Å². The van der Waals surface area contributed by atoms with Gasteiger partial charge in [-0.2, -0.15) is 0 Å². The minimum Gasteiger partial charge on any atom is -0.240 e. The first-order chi connectivity index (χ1) is 6.06. The van der Waals surface area contributed by atoms with Gasteiger partial charge in [-0.3, -0.25) is 0 Å². The van der Waals surface area contributed by atoms with Gasteiger partial charge in [0.25, 0.3) is 6.43 Å². The Labute approximate surface area is 93.6 Å². The second kappa shape index (κ2) is 4.50. The van der Waals surface area contributed by atoms with Crippen molar-refractivity contribution in [3.05, 3.63) is 26.6 Å². The lowest BCUT2D eigenvalue weighted by molar-refractivity contribution is 0.145. The normalized spacial score (nSPS) is 10.9. The van der Waals surface area contributed by atoms with Crippen LogP contribution >= 0.6 is 34.2 Å². The molecule has 0 N–H and O–H groups in total. The molecule has 0 saturated carbocycles. The van der Waals surface area contributed by atoms with Gasteiger partial charge >= 0.3 is 0 Å². The molecule has 0 saturated heterocycles. The highest BCUT2D eigenvalue weighted by atomic mass is 127. The van der Waals surface area contributed by atoms with Crippen LogP contribution < -0.4 is 0 Å². The van der Waals surface area contributed by atoms with Gasteiger partial charge in [0.2, 0.25) is 0 Å². The molecule has 1 heterocycles. The van der Waals surface area contributed by atoms with Gasteiger partial charge in [0.1, 0.15) is 9.39 Å². The summed E-state index contributed by atoms with van der Waals surface area (Å²) < 4.78 is 25.4. The van der Waals surface area contributed by atoms with Crippen molar-refractivity contribution in [2.24, 2.45) is 0 Å². The van der Waals surface area contributed by atoms with Crippen molar-refractivity contribution in [3.63, 3.8) is 0 Å². The summed E-state index contributed by atoms with van der Waals surface area (Å²) >= 11 is 7.45. The van der Waals surface area contributed by atoms with Crippen molar-refractivity contribution in [3.8, 4) is 0 Å². The summed E-state index contributed by atoms with van der Waals surface area (Å²) in [5.74, 6) is 0.0738. The third-order valence-electron chi connectivity index (χ3n) is 1.61. The second-order valence-electron chi connectivity index (χ2n) is 2.57. The smallest absolute Gasteiger partial charge is 0.240 e. The molecule has 0 unspecified atom stereocenters. The Morgan fingerprint density at radius 3 is 2.69 bits per heavy atom. The Morgan fingerprint density at radius 2 is 2.23 bits per heavy atom. The molecular weight excluding hydrogens is 310 g/mol. The van der Waals surface area contributed by atoms with Gasteiger partial charge in [0.05, 0.1) is 0 Å². The fourth-order valence-electron chi connectivity index (χ4n) is 0.957. The zero-order valence-electron chi connectivity index (χ0n) is 6.82. The molecule has 72 valence electrons. The molecule has 0 aliphatic rings. The van der Waals surface area contributed by atoms with Crippen LogP contribution in [0.2, 0.25) is 0 Å². The van der Waals surface area contributed by atoms with Crippen LogP contribution in [0.3, 0.4) is 0 Å². The molecule has 13 heavy (non-hydrogen) atoms. The second-order valence-corrected chi connectivity index (χ2v) is 3.86. The van der Waals surface area contributed by atoms with E-state index in [0.29, 0.717) is 9.26 Å². The number of alkyl halides is 3. The van der Waals surface area contributed by atoms with Crippen molar-refractivity contribution in [1.82, 2.24) is 4.98 Å². The Morgan fingerprint density at radius 1 is 1.62 bits per heavy atom. The van der Waals surface area contributed by atoms with Crippen LogP contribution in [0.1, 0.15) is 23.2 Å². The van der Waals surface area contributed by atoms with Crippen LogP contribution in [-0.4, -0.2) is 4.98 Å². The molecule has 0 amide bonds. The Hall–Kier alpha value is 0.0300. The van der Waals surface area contributed by atoms with E-state index in [1.807, 2.05) is 29.5 Å². The number of aromatic nitrogens is 1. The number of hydrogen-bond acceptors (Lipinski definition) is 1. The Bertz CT molecular complexity index is 317. The van der Waals surface area contributed by atoms with Crippen molar-refractivity contribution < 1.29 is 8.78 Å². The molecule has 0 aliphatic heterocycles. The van der Waals surface area contributed by atoms with Crippen LogP contribution in [0, 0.1) is 10.6 Å². The van der Waals surface area contributed by atoms with Gasteiger partial charge in [-0.25, -0.2) is 13.8 Å². The molecule has 0 aromatic carbocycles. The number of aryl methyl sites for hydroxylation is 1. The molecule has 0 bridgehead atoms. The molecule has 0 aliphatic carbocycles. The molecule has 0 radical (unpaired) electrons. The fourth-order valence-corrected chi connectivity index (χ4v) is 1.59. The zero-order chi connectivity index (χ0) is 10.0. The zero-order valence-corrected chi connectivity index (χ0v) is 9.73. The maximum absolute atomic E-state index is 12.4. The summed E-state index contributed by atoms with van der Waals surface area (Å²) in [6, 6.07) is 1.66. The van der Waals surface area contributed by atoms with Gasteiger partial charge in [-0.05, 0) is 40.6 Å². The first-order valence-electron chi connectivity index (χ1n) is 3.56. The first kappa shape index (κ1) is 11.1. The van der Waals surface area contributed by atoms with E-state index in [2.05, 4.69) is 4.98 Å². The summed E-state index contributed by atoms with van der Waals surface area (Å²) in [7, 11) is 0. The van der Waals surface area contributed by atoms with Crippen molar-refractivity contribution in [2.45, 2.75) is 19.2 Å². The average Bonchev–Trinajstić information content (AvgIpc) is 2.08. The molecule has 1 aromatic heterocycles. The van der Waals surface area contributed by atoms with Gasteiger partial charge < -0.3 is 0 Å². The minimum absolute atomic E-state index is 0.0738. The standard InChI is InChI=1S/C8H7ClF2IN/c1-4-2-5(3-9)6(7(10)11)13-8(4)12/h2,7H,3H2,1H3. The van der Waals surface area contributed by atoms with Crippen molar-refractivity contribution in [2.75, 3.05) is 0 Å². The highest BCUT2D eigenvalue weighted by Gasteiger charge is 2.15. The van der Waals surface area contributed by atoms with E-state index < -0.39 is 6.43 Å². The molecule has 0 fully saturated rings. The number of nitrogens with zero attached hydrogens (tertiary/aromatic N) is 1. The van der Waals surface area contributed by atoms with E-state index in [1.54, 1.807) is 6.07 Å². The lowest BCUT2D eigenvalue weighted by atomic mass is 10.2. The summed E-state index contributed by atoms with van der Waals surface area (Å²) in [5.41, 5.74) is 1.08. The van der Waals surface area contributed by atoms with Crippen LogP contribution in [0.4, 0.5) is 8.78 Å². The largest absolute Gasteiger partial charge is 0.280 e. The maximum atomic E-state index is 12.4. The van der Waals surface area contributed by atoms with Gasteiger partial charge in [0.15, 0.2) is 0 Å². The van der Waals surface area contributed by atoms with Gasteiger partial charge in [-0.1, -0.05) is 6.07 Å². The first-order valence-corrected chi connectivity index (χ1v) is 5.17. The SMILES string of the molecule is Cc1cc(CCl)c(C(F)F)nc1I. The third-order valence-corrected chi connectivity index (χ3v) is 2.99. The predicted octanol–water partition coefficient (Wildman–Crippen LogP) is 3.67. The molecule has 1 nitrogen and oxygen atoms in total. The average molecular weight is 318 g/mol. The lowest BCUT2D eigenvalue weighted by Crippen LogP contribution is -2.00. The van der Waals surface area contributed by atoms with Crippen molar-refractivity contribution in [1.29, 1.82) is 0 Å². The van der Waals surface area contributed by atoms with Crippen LogP contribution in [0.25, 0.3) is 0 Å². The Kier molecular flexibility index (Phi) is 3.85. The molecule has 5 heteroatoms. The molecule has 1 aromatic rings. The topological polar surface area (TPSA) is 12.9 Å². The molecule has 0 atom stereocenters. The fraction of sp³-hybridized carbons (Fsp3) is 0.375. The number of rotatable bonds is 2. The van der Waals surface area contributed by atoms with E-state index in [4.69, 9.17) is 11.6 Å². The van der Waals surface area contributed by atoms with Crippen molar-refractivity contribution >= 4 is 34.2 Å².